The molecule has 0 radical (unpaired) electrons. The molecule has 1 atom stereocenters. The maximum absolute atomic E-state index is 11.7. The highest BCUT2D eigenvalue weighted by molar-refractivity contribution is 5.76. The highest BCUT2D eigenvalue weighted by atomic mass is 17.1. The van der Waals surface area contributed by atoms with E-state index in [4.69, 9.17) is 5.26 Å². The Morgan fingerprint density at radius 1 is 1.38 bits per heavy atom. The van der Waals surface area contributed by atoms with Crippen LogP contribution >= 0.6 is 0 Å². The summed E-state index contributed by atoms with van der Waals surface area (Å²) in [5.41, 5.74) is 2.53. The van der Waals surface area contributed by atoms with Crippen LogP contribution in [0.5, 0.6) is 0 Å². The lowest BCUT2D eigenvalue weighted by Crippen LogP contribution is -2.38. The van der Waals surface area contributed by atoms with E-state index in [1.165, 1.54) is 11.1 Å². The van der Waals surface area contributed by atoms with Crippen LogP contribution in [0, 0.1) is 0 Å². The number of rotatable bonds is 10. The molecule has 2 N–H and O–H groups in total. The Labute approximate surface area is 126 Å². The molecule has 0 aliphatic carbocycles. The summed E-state index contributed by atoms with van der Waals surface area (Å²) in [5, 5.41) is 11.5. The van der Waals surface area contributed by atoms with E-state index in [1.807, 2.05) is 0 Å². The SMILES string of the molecule is C=CCCC(=O)NC(CCc1ccc(CC)cc1)COO. The molecule has 1 unspecified atom stereocenters. The minimum atomic E-state index is -0.182. The first-order chi connectivity index (χ1) is 10.2. The van der Waals surface area contributed by atoms with Crippen molar-refractivity contribution in [2.75, 3.05) is 6.61 Å². The third-order valence-electron chi connectivity index (χ3n) is 3.43. The number of hydrogen-bond acceptors (Lipinski definition) is 3. The van der Waals surface area contributed by atoms with Gasteiger partial charge in [-0.1, -0.05) is 37.3 Å². The van der Waals surface area contributed by atoms with Crippen LogP contribution in [-0.2, 0) is 22.5 Å². The van der Waals surface area contributed by atoms with Crippen LogP contribution in [0.2, 0.25) is 0 Å². The van der Waals surface area contributed by atoms with Gasteiger partial charge in [0.05, 0.1) is 6.04 Å². The van der Waals surface area contributed by atoms with Gasteiger partial charge in [-0.05, 0) is 36.8 Å². The quantitative estimate of drug-likeness (QED) is 0.395. The largest absolute Gasteiger partial charge is 0.351 e. The Balaban J connectivity index is 2.45. The zero-order valence-corrected chi connectivity index (χ0v) is 12.7. The van der Waals surface area contributed by atoms with Gasteiger partial charge in [-0.2, -0.15) is 0 Å². The molecule has 116 valence electrons. The number of allylic oxidation sites excluding steroid dienone is 1. The first-order valence-electron chi connectivity index (χ1n) is 7.44. The summed E-state index contributed by atoms with van der Waals surface area (Å²) in [7, 11) is 0. The lowest BCUT2D eigenvalue weighted by atomic mass is 10.0. The fourth-order valence-electron chi connectivity index (χ4n) is 2.10. The molecule has 0 heterocycles. The summed E-state index contributed by atoms with van der Waals surface area (Å²) in [6, 6.07) is 8.27. The van der Waals surface area contributed by atoms with E-state index in [2.05, 4.69) is 48.0 Å². The molecule has 0 spiro atoms. The zero-order valence-electron chi connectivity index (χ0n) is 12.7. The number of benzene rings is 1. The summed E-state index contributed by atoms with van der Waals surface area (Å²) in [6.45, 7) is 5.82. The van der Waals surface area contributed by atoms with Gasteiger partial charge in [-0.15, -0.1) is 6.58 Å². The maximum atomic E-state index is 11.7. The molecule has 0 aromatic heterocycles. The lowest BCUT2D eigenvalue weighted by molar-refractivity contribution is -0.246. The van der Waals surface area contributed by atoms with Gasteiger partial charge in [0.1, 0.15) is 6.61 Å². The van der Waals surface area contributed by atoms with Crippen molar-refractivity contribution in [2.45, 2.75) is 45.1 Å². The molecule has 4 nitrogen and oxygen atoms in total. The van der Waals surface area contributed by atoms with Crippen LogP contribution in [-0.4, -0.2) is 23.8 Å². The molecule has 1 rings (SSSR count). The minimum Gasteiger partial charge on any atom is -0.351 e. The van der Waals surface area contributed by atoms with Crippen molar-refractivity contribution in [3.05, 3.63) is 48.0 Å². The third kappa shape index (κ3) is 7.06. The van der Waals surface area contributed by atoms with Crippen molar-refractivity contribution in [1.29, 1.82) is 0 Å². The fourth-order valence-corrected chi connectivity index (χ4v) is 2.10. The van der Waals surface area contributed by atoms with Gasteiger partial charge < -0.3 is 5.32 Å². The molecule has 0 aliphatic heterocycles. The zero-order chi connectivity index (χ0) is 15.5. The molecule has 0 saturated carbocycles. The molecular formula is C17H25NO3. The molecule has 1 amide bonds. The Kier molecular flexibility index (Phi) is 8.40. The summed E-state index contributed by atoms with van der Waals surface area (Å²) in [5.74, 6) is -0.0433. The molecule has 4 heteroatoms. The standard InChI is InChI=1S/C17H25NO3/c1-3-5-6-17(19)18-16(13-21-20)12-11-15-9-7-14(4-2)8-10-15/h3,7-10,16,20H,1,4-6,11-13H2,2H3,(H,18,19). The van der Waals surface area contributed by atoms with Crippen LogP contribution in [0.15, 0.2) is 36.9 Å². The third-order valence-corrected chi connectivity index (χ3v) is 3.43. The Morgan fingerprint density at radius 3 is 2.62 bits per heavy atom. The van der Waals surface area contributed by atoms with Crippen molar-refractivity contribution in [3.63, 3.8) is 0 Å². The van der Waals surface area contributed by atoms with Crippen LogP contribution in [0.25, 0.3) is 0 Å². The predicted molar refractivity (Wildman–Crippen MR) is 84.1 cm³/mol. The summed E-state index contributed by atoms with van der Waals surface area (Å²) < 4.78 is 0. The first-order valence-corrected chi connectivity index (χ1v) is 7.44. The van der Waals surface area contributed by atoms with Gasteiger partial charge in [0, 0.05) is 6.42 Å². The number of carbonyl (C=O) groups is 1. The van der Waals surface area contributed by atoms with E-state index < -0.39 is 0 Å². The van der Waals surface area contributed by atoms with E-state index in [0.29, 0.717) is 12.8 Å². The average molecular weight is 291 g/mol. The predicted octanol–water partition coefficient (Wildman–Crippen LogP) is 3.12. The van der Waals surface area contributed by atoms with Crippen LogP contribution < -0.4 is 5.32 Å². The van der Waals surface area contributed by atoms with Gasteiger partial charge in [0.25, 0.3) is 0 Å². The van der Waals surface area contributed by atoms with Crippen molar-refractivity contribution >= 4 is 5.91 Å². The molecule has 0 bridgehead atoms. The van der Waals surface area contributed by atoms with Gasteiger partial charge in [0.15, 0.2) is 0 Å². The highest BCUT2D eigenvalue weighted by Crippen LogP contribution is 2.09. The van der Waals surface area contributed by atoms with Gasteiger partial charge in [0.2, 0.25) is 5.91 Å². The molecule has 0 fully saturated rings. The van der Waals surface area contributed by atoms with E-state index in [1.54, 1.807) is 6.08 Å². The summed E-state index contributed by atoms with van der Waals surface area (Å²) in [4.78, 5) is 15.9. The molecule has 0 saturated heterocycles. The molecule has 1 aromatic rings. The molecule has 21 heavy (non-hydrogen) atoms. The lowest BCUT2D eigenvalue weighted by Gasteiger charge is -2.17. The first kappa shape index (κ1) is 17.4. The van der Waals surface area contributed by atoms with E-state index in [-0.39, 0.29) is 18.6 Å². The van der Waals surface area contributed by atoms with Crippen molar-refractivity contribution in [1.82, 2.24) is 5.32 Å². The van der Waals surface area contributed by atoms with Crippen molar-refractivity contribution in [3.8, 4) is 0 Å². The van der Waals surface area contributed by atoms with Crippen LogP contribution in [0.1, 0.15) is 37.3 Å². The second kappa shape index (κ2) is 10.1. The topological polar surface area (TPSA) is 58.6 Å². The number of carbonyl (C=O) groups excluding carboxylic acids is 1. The van der Waals surface area contributed by atoms with Gasteiger partial charge in [-0.3, -0.25) is 10.1 Å². The van der Waals surface area contributed by atoms with Gasteiger partial charge >= 0.3 is 0 Å². The number of amides is 1. The number of aryl methyl sites for hydroxylation is 2. The minimum absolute atomic E-state index is 0.0433. The molecular weight excluding hydrogens is 266 g/mol. The second-order valence-electron chi connectivity index (χ2n) is 5.10. The Bertz CT molecular complexity index is 428. The average Bonchev–Trinajstić information content (AvgIpc) is 2.51. The summed E-state index contributed by atoms with van der Waals surface area (Å²) >= 11 is 0. The van der Waals surface area contributed by atoms with Gasteiger partial charge in [-0.25, -0.2) is 4.89 Å². The van der Waals surface area contributed by atoms with Crippen LogP contribution in [0.3, 0.4) is 0 Å². The Hall–Kier alpha value is -1.65. The highest BCUT2D eigenvalue weighted by Gasteiger charge is 2.12. The van der Waals surface area contributed by atoms with E-state index in [9.17, 15) is 4.79 Å². The second-order valence-corrected chi connectivity index (χ2v) is 5.10. The molecule has 0 aliphatic rings. The fraction of sp³-hybridized carbons (Fsp3) is 0.471. The number of hydrogen-bond donors (Lipinski definition) is 2. The normalized spacial score (nSPS) is 11.9. The maximum Gasteiger partial charge on any atom is 0.220 e. The van der Waals surface area contributed by atoms with Crippen LogP contribution in [0.4, 0.5) is 0 Å². The summed E-state index contributed by atoms with van der Waals surface area (Å²) in [6.07, 6.45) is 5.37. The number of nitrogens with one attached hydrogen (secondary N) is 1. The Morgan fingerprint density at radius 2 is 2.05 bits per heavy atom. The van der Waals surface area contributed by atoms with E-state index in [0.717, 1.165) is 19.3 Å². The smallest absolute Gasteiger partial charge is 0.220 e. The van der Waals surface area contributed by atoms with E-state index >= 15 is 0 Å². The van der Waals surface area contributed by atoms with Crippen molar-refractivity contribution in [2.24, 2.45) is 0 Å². The monoisotopic (exact) mass is 291 g/mol. The molecule has 1 aromatic carbocycles. The van der Waals surface area contributed by atoms with Crippen molar-refractivity contribution < 1.29 is 14.9 Å².